The molecule has 0 heterocycles. The Morgan fingerprint density at radius 1 is 0.875 bits per heavy atom. The largest absolute Gasteiger partial charge is 0.416 e. The molecule has 0 amide bonds. The topological polar surface area (TPSA) is 47.6 Å². The Hall–Kier alpha value is -2.93. The molecule has 0 unspecified atom stereocenters. The first-order valence-corrected chi connectivity index (χ1v) is 6.66. The highest BCUT2D eigenvalue weighted by molar-refractivity contribution is 5.44. The predicted molar refractivity (Wildman–Crippen MR) is 74.4 cm³/mol. The van der Waals surface area contributed by atoms with Crippen LogP contribution in [-0.2, 0) is 18.0 Å². The molecule has 0 atom stereocenters. The van der Waals surface area contributed by atoms with Gasteiger partial charge in [-0.1, -0.05) is 24.3 Å². The molecule has 0 aliphatic heterocycles. The molecule has 0 aliphatic carbocycles. The van der Waals surface area contributed by atoms with Crippen molar-refractivity contribution in [1.82, 2.24) is 0 Å². The summed E-state index contributed by atoms with van der Waals surface area (Å²) in [4.78, 5) is 0. The lowest BCUT2D eigenvalue weighted by Crippen LogP contribution is -2.27. The van der Waals surface area contributed by atoms with Crippen molar-refractivity contribution < 1.29 is 22.0 Å². The fourth-order valence-electron chi connectivity index (χ4n) is 2.27. The molecule has 0 saturated carbocycles. The molecule has 0 aromatic heterocycles. The van der Waals surface area contributed by atoms with Crippen LogP contribution in [0.4, 0.5) is 22.0 Å². The van der Waals surface area contributed by atoms with Crippen LogP contribution in [0.5, 0.6) is 0 Å². The minimum atomic E-state index is -4.52. The average Bonchev–Trinajstić information content (AvgIpc) is 2.55. The fourth-order valence-corrected chi connectivity index (χ4v) is 2.27. The lowest BCUT2D eigenvalue weighted by molar-refractivity contribution is -0.137. The molecule has 0 fully saturated rings. The smallest absolute Gasteiger partial charge is 0.204 e. The molecule has 0 spiro atoms. The van der Waals surface area contributed by atoms with E-state index in [-0.39, 0.29) is 12.0 Å². The number of halogens is 5. The number of nitriles is 2. The maximum Gasteiger partial charge on any atom is 0.416 e. The van der Waals surface area contributed by atoms with Crippen molar-refractivity contribution in [1.29, 1.82) is 10.5 Å². The molecule has 0 saturated heterocycles. The highest BCUT2D eigenvalue weighted by Gasteiger charge is 2.37. The van der Waals surface area contributed by atoms with Gasteiger partial charge >= 0.3 is 6.18 Å². The van der Waals surface area contributed by atoms with Crippen LogP contribution < -0.4 is 0 Å². The average molecular weight is 336 g/mol. The summed E-state index contributed by atoms with van der Waals surface area (Å²) >= 11 is 0. The SMILES string of the molecule is N#CC(C#N)(Cc1ccc(C(F)(F)F)cc1)c1cccc(F)c1F. The van der Waals surface area contributed by atoms with E-state index in [4.69, 9.17) is 0 Å². The molecule has 7 heteroatoms. The molecule has 0 bridgehead atoms. The first kappa shape index (κ1) is 17.4. The van der Waals surface area contributed by atoms with Crippen LogP contribution in [0.3, 0.4) is 0 Å². The standard InChI is InChI=1S/C17H9F5N2/c18-14-3-1-2-13(15(14)19)16(9-23,10-24)8-11-4-6-12(7-5-11)17(20,21)22/h1-7H,8H2. The zero-order valence-electron chi connectivity index (χ0n) is 12.0. The highest BCUT2D eigenvalue weighted by Crippen LogP contribution is 2.33. The van der Waals surface area contributed by atoms with Crippen LogP contribution in [0.15, 0.2) is 42.5 Å². The normalized spacial score (nSPS) is 11.6. The van der Waals surface area contributed by atoms with Gasteiger partial charge in [0.25, 0.3) is 0 Å². The lowest BCUT2D eigenvalue weighted by atomic mass is 9.77. The molecule has 2 rings (SSSR count). The second-order valence-electron chi connectivity index (χ2n) is 5.10. The predicted octanol–water partition coefficient (Wildman–Crippen LogP) is 4.51. The van der Waals surface area contributed by atoms with Gasteiger partial charge in [0.2, 0.25) is 0 Å². The van der Waals surface area contributed by atoms with Gasteiger partial charge in [-0.15, -0.1) is 0 Å². The minimum Gasteiger partial charge on any atom is -0.204 e. The van der Waals surface area contributed by atoms with Crippen molar-refractivity contribution in [3.05, 3.63) is 70.8 Å². The molecule has 2 aromatic carbocycles. The van der Waals surface area contributed by atoms with Crippen molar-refractivity contribution in [2.45, 2.75) is 18.0 Å². The van der Waals surface area contributed by atoms with Crippen molar-refractivity contribution in [2.75, 3.05) is 0 Å². The summed E-state index contributed by atoms with van der Waals surface area (Å²) in [6.45, 7) is 0. The van der Waals surface area contributed by atoms with Gasteiger partial charge < -0.3 is 0 Å². The zero-order chi connectivity index (χ0) is 18.0. The van der Waals surface area contributed by atoms with Crippen LogP contribution in [0.25, 0.3) is 0 Å². The Morgan fingerprint density at radius 2 is 1.46 bits per heavy atom. The van der Waals surface area contributed by atoms with E-state index in [9.17, 15) is 32.5 Å². The van der Waals surface area contributed by atoms with Gasteiger partial charge in [-0.3, -0.25) is 0 Å². The monoisotopic (exact) mass is 336 g/mol. The Morgan fingerprint density at radius 3 is 1.96 bits per heavy atom. The van der Waals surface area contributed by atoms with E-state index in [1.165, 1.54) is 0 Å². The summed E-state index contributed by atoms with van der Waals surface area (Å²) < 4.78 is 65.0. The van der Waals surface area contributed by atoms with Gasteiger partial charge in [0.1, 0.15) is 0 Å². The maximum atomic E-state index is 14.0. The summed E-state index contributed by atoms with van der Waals surface area (Å²) in [7, 11) is 0. The molecular formula is C17H9F5N2. The summed E-state index contributed by atoms with van der Waals surface area (Å²) in [6, 6.07) is 10.2. The third-order valence-electron chi connectivity index (χ3n) is 3.54. The molecule has 0 aliphatic rings. The summed E-state index contributed by atoms with van der Waals surface area (Å²) in [5.41, 5.74) is -3.17. The fraction of sp³-hybridized carbons (Fsp3) is 0.176. The number of hydrogen-bond donors (Lipinski definition) is 0. The van der Waals surface area contributed by atoms with Gasteiger partial charge in [-0.05, 0) is 23.8 Å². The van der Waals surface area contributed by atoms with E-state index in [0.29, 0.717) is 0 Å². The summed E-state index contributed by atoms with van der Waals surface area (Å²) in [5.74, 6) is -2.54. The number of rotatable bonds is 3. The lowest BCUT2D eigenvalue weighted by Gasteiger charge is -2.20. The third kappa shape index (κ3) is 3.21. The van der Waals surface area contributed by atoms with Gasteiger partial charge in [0.15, 0.2) is 17.0 Å². The molecule has 0 N–H and O–H groups in total. The van der Waals surface area contributed by atoms with Crippen molar-refractivity contribution in [3.63, 3.8) is 0 Å². The molecule has 24 heavy (non-hydrogen) atoms. The van der Waals surface area contributed by atoms with E-state index in [1.807, 2.05) is 0 Å². The van der Waals surface area contributed by atoms with Gasteiger partial charge in [-0.2, -0.15) is 23.7 Å². The number of benzene rings is 2. The molecule has 0 radical (unpaired) electrons. The van der Waals surface area contributed by atoms with Gasteiger partial charge in [-0.25, -0.2) is 8.78 Å². The van der Waals surface area contributed by atoms with Crippen molar-refractivity contribution >= 4 is 0 Å². The van der Waals surface area contributed by atoms with Crippen LogP contribution in [0.2, 0.25) is 0 Å². The van der Waals surface area contributed by atoms with Crippen molar-refractivity contribution in [3.8, 4) is 12.1 Å². The zero-order valence-corrected chi connectivity index (χ0v) is 12.0. The second kappa shape index (κ2) is 6.29. The maximum absolute atomic E-state index is 14.0. The van der Waals surface area contributed by atoms with E-state index in [2.05, 4.69) is 0 Å². The molecular weight excluding hydrogens is 327 g/mol. The van der Waals surface area contributed by atoms with Gasteiger partial charge in [0, 0.05) is 12.0 Å². The third-order valence-corrected chi connectivity index (χ3v) is 3.54. The van der Waals surface area contributed by atoms with Crippen LogP contribution >= 0.6 is 0 Å². The van der Waals surface area contributed by atoms with Crippen LogP contribution in [0.1, 0.15) is 16.7 Å². The summed E-state index contributed by atoms with van der Waals surface area (Å²) in [6.07, 6.45) is -4.90. The minimum absolute atomic E-state index is 0.217. The van der Waals surface area contributed by atoms with E-state index in [1.54, 1.807) is 12.1 Å². The number of nitrogens with zero attached hydrogens (tertiary/aromatic N) is 2. The Bertz CT molecular complexity index is 812. The van der Waals surface area contributed by atoms with Crippen LogP contribution in [0, 0.1) is 34.3 Å². The van der Waals surface area contributed by atoms with E-state index in [0.717, 1.165) is 42.5 Å². The quantitative estimate of drug-likeness (QED) is 0.774. The molecule has 2 aromatic rings. The Balaban J connectivity index is 2.45. The number of hydrogen-bond acceptors (Lipinski definition) is 2. The second-order valence-corrected chi connectivity index (χ2v) is 5.10. The Kier molecular flexibility index (Phi) is 4.57. The first-order valence-electron chi connectivity index (χ1n) is 6.66. The van der Waals surface area contributed by atoms with Crippen LogP contribution in [-0.4, -0.2) is 0 Å². The summed E-state index contributed by atoms with van der Waals surface area (Å²) in [5, 5.41) is 18.7. The van der Waals surface area contributed by atoms with Crippen molar-refractivity contribution in [2.24, 2.45) is 0 Å². The first-order chi connectivity index (χ1) is 11.2. The van der Waals surface area contributed by atoms with Gasteiger partial charge in [0.05, 0.1) is 17.7 Å². The highest BCUT2D eigenvalue weighted by atomic mass is 19.4. The molecule has 122 valence electrons. The number of alkyl halides is 3. The Labute approximate surface area is 134 Å². The van der Waals surface area contributed by atoms with E-state index >= 15 is 0 Å². The van der Waals surface area contributed by atoms with E-state index < -0.39 is 34.4 Å². The molecule has 2 nitrogen and oxygen atoms in total.